The van der Waals surface area contributed by atoms with Crippen LogP contribution >= 0.6 is 0 Å². The third kappa shape index (κ3) is 4.11. The van der Waals surface area contributed by atoms with Crippen molar-refractivity contribution >= 4 is 45.2 Å². The highest BCUT2D eigenvalue weighted by molar-refractivity contribution is 7.74. The van der Waals surface area contributed by atoms with Crippen LogP contribution in [0.2, 0.25) is 0 Å². The quantitative estimate of drug-likeness (QED) is 0.376. The molecule has 1 fully saturated rings. The number of amides is 1. The first kappa shape index (κ1) is 20.6. The SMILES string of the molecule is N#Cc1ccc(N(c2ccc(-c3nc(NC(=O)C4CC4)nc4[nH]ccc34)cc2)[SH](=O)=O)cn1. The fourth-order valence-electron chi connectivity index (χ4n) is 3.45. The van der Waals surface area contributed by atoms with Crippen LogP contribution in [0.25, 0.3) is 22.3 Å². The Morgan fingerprint density at radius 2 is 1.85 bits per heavy atom. The van der Waals surface area contributed by atoms with Crippen LogP contribution in [-0.4, -0.2) is 34.3 Å². The largest absolute Gasteiger partial charge is 0.346 e. The molecule has 4 aromatic rings. The number of anilines is 3. The van der Waals surface area contributed by atoms with E-state index >= 15 is 0 Å². The van der Waals surface area contributed by atoms with Crippen molar-refractivity contribution in [2.45, 2.75) is 12.8 Å². The molecule has 1 aliphatic carbocycles. The van der Waals surface area contributed by atoms with Crippen molar-refractivity contribution in [1.29, 1.82) is 5.26 Å². The summed E-state index contributed by atoms with van der Waals surface area (Å²) in [5.41, 5.74) is 2.84. The zero-order valence-electron chi connectivity index (χ0n) is 17.1. The van der Waals surface area contributed by atoms with E-state index in [2.05, 4.69) is 25.3 Å². The van der Waals surface area contributed by atoms with E-state index in [-0.39, 0.29) is 23.5 Å². The molecule has 1 saturated carbocycles. The first-order chi connectivity index (χ1) is 16.0. The minimum absolute atomic E-state index is 0.0208. The van der Waals surface area contributed by atoms with E-state index in [1.165, 1.54) is 18.3 Å². The number of nitrogens with zero attached hydrogens (tertiary/aromatic N) is 5. The lowest BCUT2D eigenvalue weighted by Crippen LogP contribution is -2.16. The highest BCUT2D eigenvalue weighted by atomic mass is 32.2. The van der Waals surface area contributed by atoms with E-state index in [0.29, 0.717) is 22.7 Å². The molecular formula is C22H17N7O3S. The molecule has 1 aliphatic rings. The van der Waals surface area contributed by atoms with E-state index in [1.807, 2.05) is 12.1 Å². The van der Waals surface area contributed by atoms with Crippen LogP contribution in [0, 0.1) is 17.2 Å². The van der Waals surface area contributed by atoms with Crippen LogP contribution in [0.5, 0.6) is 0 Å². The van der Waals surface area contributed by atoms with Crippen molar-refractivity contribution < 1.29 is 13.2 Å². The van der Waals surface area contributed by atoms with Gasteiger partial charge in [-0.2, -0.15) is 10.2 Å². The summed E-state index contributed by atoms with van der Waals surface area (Å²) in [4.78, 5) is 28.1. The first-order valence-electron chi connectivity index (χ1n) is 10.1. The summed E-state index contributed by atoms with van der Waals surface area (Å²) in [6.45, 7) is 0. The van der Waals surface area contributed by atoms with Gasteiger partial charge < -0.3 is 4.98 Å². The third-order valence-electron chi connectivity index (χ3n) is 5.25. The van der Waals surface area contributed by atoms with Crippen LogP contribution < -0.4 is 9.62 Å². The van der Waals surface area contributed by atoms with Gasteiger partial charge in [0.05, 0.1) is 23.3 Å². The van der Waals surface area contributed by atoms with Crippen LogP contribution in [0.3, 0.4) is 0 Å². The molecule has 1 aromatic carbocycles. The van der Waals surface area contributed by atoms with Gasteiger partial charge >= 0.3 is 0 Å². The maximum atomic E-state index is 12.2. The van der Waals surface area contributed by atoms with Crippen molar-refractivity contribution in [3.8, 4) is 17.3 Å². The first-order valence-corrected chi connectivity index (χ1v) is 11.2. The van der Waals surface area contributed by atoms with E-state index < -0.39 is 10.9 Å². The highest BCUT2D eigenvalue weighted by Gasteiger charge is 2.30. The van der Waals surface area contributed by atoms with E-state index in [9.17, 15) is 13.2 Å². The lowest BCUT2D eigenvalue weighted by Gasteiger charge is -2.18. The zero-order chi connectivity index (χ0) is 22.9. The van der Waals surface area contributed by atoms with Crippen molar-refractivity contribution in [2.24, 2.45) is 5.92 Å². The Hall–Kier alpha value is -4.30. The van der Waals surface area contributed by atoms with Gasteiger partial charge in [0, 0.05) is 23.1 Å². The Labute approximate surface area is 190 Å². The lowest BCUT2D eigenvalue weighted by molar-refractivity contribution is -0.117. The van der Waals surface area contributed by atoms with Gasteiger partial charge in [0.1, 0.15) is 17.4 Å². The van der Waals surface area contributed by atoms with Crippen molar-refractivity contribution in [1.82, 2.24) is 19.9 Å². The average Bonchev–Trinajstić information content (AvgIpc) is 3.57. The number of aromatic amines is 1. The Morgan fingerprint density at radius 3 is 2.48 bits per heavy atom. The number of benzene rings is 1. The van der Waals surface area contributed by atoms with Crippen LogP contribution in [0.15, 0.2) is 54.9 Å². The molecule has 164 valence electrons. The van der Waals surface area contributed by atoms with Crippen LogP contribution in [0.1, 0.15) is 18.5 Å². The van der Waals surface area contributed by atoms with Gasteiger partial charge in [-0.1, -0.05) is 12.1 Å². The summed E-state index contributed by atoms with van der Waals surface area (Å²) in [7, 11) is -3.00. The predicted molar refractivity (Wildman–Crippen MR) is 122 cm³/mol. The van der Waals surface area contributed by atoms with Gasteiger partial charge in [-0.25, -0.2) is 22.7 Å². The molecule has 0 atom stereocenters. The smallest absolute Gasteiger partial charge is 0.232 e. The molecule has 2 N–H and O–H groups in total. The number of carbonyl (C=O) groups is 1. The summed E-state index contributed by atoms with van der Waals surface area (Å²) in [5, 5.41) is 12.5. The average molecular weight is 459 g/mol. The summed E-state index contributed by atoms with van der Waals surface area (Å²) in [5.74, 6) is 0.148. The molecule has 3 heterocycles. The van der Waals surface area contributed by atoms with Crippen molar-refractivity contribution in [3.63, 3.8) is 0 Å². The number of rotatable bonds is 6. The van der Waals surface area contributed by atoms with Gasteiger partial charge in [0.2, 0.25) is 22.7 Å². The molecule has 1 amide bonds. The third-order valence-corrected chi connectivity index (χ3v) is 6.04. The van der Waals surface area contributed by atoms with Crippen LogP contribution in [0.4, 0.5) is 17.3 Å². The van der Waals surface area contributed by atoms with Crippen molar-refractivity contribution in [3.05, 3.63) is 60.6 Å². The number of nitrogens with one attached hydrogen (secondary N) is 2. The highest BCUT2D eigenvalue weighted by Crippen LogP contribution is 2.32. The number of H-pyrrole nitrogens is 1. The minimum atomic E-state index is -3.00. The minimum Gasteiger partial charge on any atom is -0.346 e. The molecule has 0 unspecified atom stereocenters. The molecule has 10 nitrogen and oxygen atoms in total. The number of nitriles is 1. The molecule has 0 spiro atoms. The molecule has 3 aromatic heterocycles. The van der Waals surface area contributed by atoms with E-state index in [4.69, 9.17) is 5.26 Å². The molecule has 0 radical (unpaired) electrons. The van der Waals surface area contributed by atoms with Gasteiger partial charge in [0.25, 0.3) is 0 Å². The van der Waals surface area contributed by atoms with Gasteiger partial charge in [-0.3, -0.25) is 10.1 Å². The van der Waals surface area contributed by atoms with Crippen molar-refractivity contribution in [2.75, 3.05) is 9.62 Å². The maximum absolute atomic E-state index is 12.2. The molecule has 33 heavy (non-hydrogen) atoms. The summed E-state index contributed by atoms with van der Waals surface area (Å²) in [6.07, 6.45) is 4.82. The fourth-order valence-corrected chi connectivity index (χ4v) is 4.08. The number of aromatic nitrogens is 4. The Balaban J connectivity index is 1.50. The monoisotopic (exact) mass is 459 g/mol. The number of carbonyl (C=O) groups excluding carboxylic acids is 1. The number of fused-ring (bicyclic) bond motifs is 1. The Morgan fingerprint density at radius 1 is 1.09 bits per heavy atom. The maximum Gasteiger partial charge on any atom is 0.232 e. The molecule has 0 aliphatic heterocycles. The second kappa shape index (κ2) is 8.33. The lowest BCUT2D eigenvalue weighted by atomic mass is 10.1. The second-order valence-corrected chi connectivity index (χ2v) is 8.38. The molecule has 0 saturated heterocycles. The van der Waals surface area contributed by atoms with Gasteiger partial charge in [-0.05, 0) is 43.2 Å². The zero-order valence-corrected chi connectivity index (χ0v) is 18.0. The fraction of sp³-hybridized carbons (Fsp3) is 0.136. The number of thiol groups is 1. The number of hydrogen-bond acceptors (Lipinski definition) is 7. The van der Waals surface area contributed by atoms with E-state index in [1.54, 1.807) is 30.5 Å². The van der Waals surface area contributed by atoms with Crippen LogP contribution in [-0.2, 0) is 15.7 Å². The predicted octanol–water partition coefficient (Wildman–Crippen LogP) is 2.90. The van der Waals surface area contributed by atoms with E-state index in [0.717, 1.165) is 28.1 Å². The Bertz CT molecular complexity index is 1460. The number of pyridine rings is 1. The summed E-state index contributed by atoms with van der Waals surface area (Å²) >= 11 is 0. The molecule has 5 rings (SSSR count). The summed E-state index contributed by atoms with van der Waals surface area (Å²) in [6, 6.07) is 13.5. The standard InChI is InChI=1S/C22H17N7O3S/c23-11-15-5-8-17(12-25-15)29(33(31)32)16-6-3-13(4-7-16)19-18-9-10-24-20(18)27-22(26-19)28-21(30)14-1-2-14/h3-10,12,14,33H,1-2H2,(H2,24,26,27,28,30). The van der Waals surface area contributed by atoms with Gasteiger partial charge in [-0.15, -0.1) is 0 Å². The normalized spacial score (nSPS) is 13.1. The molecule has 11 heteroatoms. The topological polar surface area (TPSA) is 145 Å². The molecular weight excluding hydrogens is 442 g/mol. The summed E-state index contributed by atoms with van der Waals surface area (Å²) < 4.78 is 25.0. The molecule has 0 bridgehead atoms. The number of hydrogen-bond donors (Lipinski definition) is 3. The second-order valence-electron chi connectivity index (χ2n) is 7.51. The van der Waals surface area contributed by atoms with Gasteiger partial charge in [0.15, 0.2) is 0 Å². The Kier molecular flexibility index (Phi) is 5.20.